The lowest BCUT2D eigenvalue weighted by Crippen LogP contribution is -2.43. The van der Waals surface area contributed by atoms with Crippen LogP contribution in [0.4, 0.5) is 0 Å². The minimum Gasteiger partial charge on any atom is -0.481 e. The molecule has 7 nitrogen and oxygen atoms in total. The number of carboxylic acids is 2. The first kappa shape index (κ1) is 29.4. The molecule has 0 aromatic carbocycles. The number of ether oxygens (including phenoxy) is 1. The lowest BCUT2D eigenvalue weighted by Gasteiger charge is -2.21. The summed E-state index contributed by atoms with van der Waals surface area (Å²) in [6.07, 6.45) is 16.0. The highest BCUT2D eigenvalue weighted by atomic mass is 16.5. The molecule has 0 aromatic heterocycles. The van der Waals surface area contributed by atoms with E-state index < -0.39 is 42.5 Å². The van der Waals surface area contributed by atoms with Gasteiger partial charge in [0.05, 0.1) is 18.9 Å². The van der Waals surface area contributed by atoms with Gasteiger partial charge in [0.1, 0.15) is 0 Å². The van der Waals surface area contributed by atoms with Crippen molar-refractivity contribution in [3.05, 3.63) is 0 Å². The first-order valence-corrected chi connectivity index (χ1v) is 12.1. The van der Waals surface area contributed by atoms with Gasteiger partial charge >= 0.3 is 17.9 Å². The van der Waals surface area contributed by atoms with E-state index in [4.69, 9.17) is 14.9 Å². The van der Waals surface area contributed by atoms with Gasteiger partial charge < -0.3 is 20.1 Å². The van der Waals surface area contributed by atoms with E-state index in [2.05, 4.69) is 6.92 Å². The number of hydrogen-bond donors (Lipinski definition) is 3. The third kappa shape index (κ3) is 16.7. The van der Waals surface area contributed by atoms with Crippen molar-refractivity contribution in [3.63, 3.8) is 0 Å². The number of esters is 1. The lowest BCUT2D eigenvalue weighted by molar-refractivity contribution is -0.173. The second-order valence-electron chi connectivity index (χ2n) is 8.77. The molecule has 182 valence electrons. The van der Waals surface area contributed by atoms with Crippen molar-refractivity contribution in [1.29, 1.82) is 0 Å². The van der Waals surface area contributed by atoms with Crippen molar-refractivity contribution >= 4 is 17.9 Å². The van der Waals surface area contributed by atoms with Crippen molar-refractivity contribution in [2.24, 2.45) is 0 Å². The van der Waals surface area contributed by atoms with Crippen LogP contribution in [-0.4, -0.2) is 44.9 Å². The summed E-state index contributed by atoms with van der Waals surface area (Å²) < 4.78 is 5.14. The minimum atomic E-state index is -2.64. The number of unbranched alkanes of at least 4 members (excludes halogenated alkanes) is 13. The van der Waals surface area contributed by atoms with E-state index >= 15 is 0 Å². The maximum atomic E-state index is 11.9. The summed E-state index contributed by atoms with van der Waals surface area (Å²) in [5.41, 5.74) is -2.64. The van der Waals surface area contributed by atoms with Gasteiger partial charge in [-0.05, 0) is 19.8 Å². The van der Waals surface area contributed by atoms with Crippen LogP contribution in [0.1, 0.15) is 123 Å². The van der Waals surface area contributed by atoms with Crippen LogP contribution < -0.4 is 0 Å². The molecule has 0 aliphatic heterocycles. The number of carbonyl (C=O) groups is 3. The van der Waals surface area contributed by atoms with Crippen LogP contribution in [0.15, 0.2) is 0 Å². The average Bonchev–Trinajstić information content (AvgIpc) is 2.67. The van der Waals surface area contributed by atoms with Gasteiger partial charge in [0, 0.05) is 0 Å². The predicted octanol–water partition coefficient (Wildman–Crippen LogP) is 5.47. The summed E-state index contributed by atoms with van der Waals surface area (Å²) in [5.74, 6) is -4.14. The van der Waals surface area contributed by atoms with E-state index in [0.717, 1.165) is 19.3 Å². The molecule has 0 amide bonds. The Morgan fingerprint density at radius 1 is 0.742 bits per heavy atom. The van der Waals surface area contributed by atoms with E-state index in [1.807, 2.05) is 0 Å². The Bertz CT molecular complexity index is 506. The highest BCUT2D eigenvalue weighted by Crippen LogP contribution is 2.19. The zero-order valence-electron chi connectivity index (χ0n) is 19.6. The smallest absolute Gasteiger partial charge is 0.336 e. The molecule has 0 aliphatic carbocycles. The summed E-state index contributed by atoms with van der Waals surface area (Å²) in [6.45, 7) is 3.96. The fourth-order valence-corrected chi connectivity index (χ4v) is 3.65. The maximum Gasteiger partial charge on any atom is 0.336 e. The van der Waals surface area contributed by atoms with E-state index in [1.165, 1.54) is 70.6 Å². The number of carbonyl (C=O) groups excluding carboxylic acids is 1. The molecule has 2 atom stereocenters. The topological polar surface area (TPSA) is 121 Å². The largest absolute Gasteiger partial charge is 0.481 e. The van der Waals surface area contributed by atoms with Crippen molar-refractivity contribution in [2.45, 2.75) is 135 Å². The van der Waals surface area contributed by atoms with Crippen molar-refractivity contribution in [3.8, 4) is 0 Å². The Kier molecular flexibility index (Phi) is 17.0. The normalized spacial score (nSPS) is 14.0. The highest BCUT2D eigenvalue weighted by Gasteiger charge is 2.41. The molecule has 0 aliphatic rings. The number of rotatable bonds is 21. The summed E-state index contributed by atoms with van der Waals surface area (Å²) >= 11 is 0. The van der Waals surface area contributed by atoms with Crippen LogP contribution in [0.25, 0.3) is 0 Å². The van der Waals surface area contributed by atoms with Crippen molar-refractivity contribution < 1.29 is 34.4 Å². The molecule has 3 N–H and O–H groups in total. The number of aliphatic hydroxyl groups is 1. The third-order valence-corrected chi connectivity index (χ3v) is 5.58. The molecule has 0 fully saturated rings. The minimum absolute atomic E-state index is 0.396. The monoisotopic (exact) mass is 444 g/mol. The predicted molar refractivity (Wildman–Crippen MR) is 120 cm³/mol. The summed E-state index contributed by atoms with van der Waals surface area (Å²) in [7, 11) is 0. The zero-order chi connectivity index (χ0) is 23.5. The summed E-state index contributed by atoms with van der Waals surface area (Å²) in [4.78, 5) is 33.6. The van der Waals surface area contributed by atoms with E-state index in [1.54, 1.807) is 6.92 Å². The Labute approximate surface area is 187 Å². The van der Waals surface area contributed by atoms with Gasteiger partial charge in [0.25, 0.3) is 0 Å². The van der Waals surface area contributed by atoms with Crippen LogP contribution >= 0.6 is 0 Å². The molecule has 7 heteroatoms. The molecule has 0 bridgehead atoms. The van der Waals surface area contributed by atoms with Crippen LogP contribution in [0.3, 0.4) is 0 Å². The molecule has 0 spiro atoms. The standard InChI is InChI=1S/C24H44O7/c1-3-4-5-6-7-8-9-10-11-12-13-14-15-16-17-20(2)31-22(27)19-24(30,23(28)29)18-21(25)26/h20,30H,3-19H2,1-2H3,(H,25,26)(H,28,29). The van der Waals surface area contributed by atoms with Crippen LogP contribution in [0.2, 0.25) is 0 Å². The molecule has 31 heavy (non-hydrogen) atoms. The van der Waals surface area contributed by atoms with E-state index in [0.29, 0.717) is 6.42 Å². The van der Waals surface area contributed by atoms with E-state index in [-0.39, 0.29) is 0 Å². The Morgan fingerprint density at radius 3 is 1.55 bits per heavy atom. The second kappa shape index (κ2) is 18.0. The summed E-state index contributed by atoms with van der Waals surface area (Å²) in [6, 6.07) is 0. The Hall–Kier alpha value is -1.63. The Morgan fingerprint density at radius 2 is 1.16 bits per heavy atom. The van der Waals surface area contributed by atoms with Crippen molar-refractivity contribution in [2.75, 3.05) is 0 Å². The fraction of sp³-hybridized carbons (Fsp3) is 0.875. The van der Waals surface area contributed by atoms with Gasteiger partial charge in [-0.2, -0.15) is 0 Å². The molecule has 0 radical (unpaired) electrons. The van der Waals surface area contributed by atoms with E-state index in [9.17, 15) is 19.5 Å². The number of carboxylic acid groups (broad SMARTS) is 2. The zero-order valence-corrected chi connectivity index (χ0v) is 19.6. The lowest BCUT2D eigenvalue weighted by atomic mass is 9.96. The maximum absolute atomic E-state index is 11.9. The van der Waals surface area contributed by atoms with Crippen molar-refractivity contribution in [1.82, 2.24) is 0 Å². The molecule has 2 unspecified atom stereocenters. The first-order chi connectivity index (χ1) is 14.7. The molecular weight excluding hydrogens is 400 g/mol. The fourth-order valence-electron chi connectivity index (χ4n) is 3.65. The van der Waals surface area contributed by atoms with Gasteiger partial charge in [-0.1, -0.05) is 90.4 Å². The van der Waals surface area contributed by atoms with Crippen LogP contribution in [0, 0.1) is 0 Å². The molecular formula is C24H44O7. The number of aliphatic carboxylic acids is 2. The van der Waals surface area contributed by atoms with Crippen LogP contribution in [0.5, 0.6) is 0 Å². The molecule has 0 rings (SSSR count). The van der Waals surface area contributed by atoms with Gasteiger partial charge in [-0.3, -0.25) is 9.59 Å². The average molecular weight is 445 g/mol. The number of hydrogen-bond acceptors (Lipinski definition) is 5. The third-order valence-electron chi connectivity index (χ3n) is 5.58. The quantitative estimate of drug-likeness (QED) is 0.158. The molecule has 0 saturated carbocycles. The van der Waals surface area contributed by atoms with Gasteiger partial charge in [0.2, 0.25) is 0 Å². The molecule has 0 aromatic rings. The highest BCUT2D eigenvalue weighted by molar-refractivity contribution is 5.88. The molecule has 0 saturated heterocycles. The second-order valence-corrected chi connectivity index (χ2v) is 8.77. The Balaban J connectivity index is 3.69. The van der Waals surface area contributed by atoms with Gasteiger partial charge in [0.15, 0.2) is 5.60 Å². The SMILES string of the molecule is CCCCCCCCCCCCCCCCC(C)OC(=O)CC(O)(CC(=O)O)C(=O)O. The van der Waals surface area contributed by atoms with Gasteiger partial charge in [-0.25, -0.2) is 4.79 Å². The molecule has 0 heterocycles. The van der Waals surface area contributed by atoms with Crippen LogP contribution in [-0.2, 0) is 19.1 Å². The first-order valence-electron chi connectivity index (χ1n) is 12.1. The summed E-state index contributed by atoms with van der Waals surface area (Å²) in [5, 5.41) is 27.6. The van der Waals surface area contributed by atoms with Gasteiger partial charge in [-0.15, -0.1) is 0 Å².